The van der Waals surface area contributed by atoms with E-state index in [4.69, 9.17) is 9.47 Å². The van der Waals surface area contributed by atoms with Gasteiger partial charge in [-0.25, -0.2) is 4.79 Å². The number of carbonyl (C=O) groups excluding carboxylic acids is 2. The van der Waals surface area contributed by atoms with Gasteiger partial charge in [0.2, 0.25) is 0 Å². The topological polar surface area (TPSA) is 84.9 Å². The molecular formula is C18H19NO5. The Morgan fingerprint density at radius 1 is 1.12 bits per heavy atom. The fraction of sp³-hybridized carbons (Fsp3) is 0.222. The zero-order chi connectivity index (χ0) is 17.5. The minimum absolute atomic E-state index is 0.0227. The summed E-state index contributed by atoms with van der Waals surface area (Å²) in [5, 5.41) is 12.3. The second kappa shape index (κ2) is 8.01. The predicted octanol–water partition coefficient (Wildman–Crippen LogP) is 2.89. The minimum atomic E-state index is -0.755. The number of phenolic OH excluding ortho intramolecular Hbond substituents is 1. The van der Waals surface area contributed by atoms with Crippen LogP contribution in [0.4, 0.5) is 5.69 Å². The Labute approximate surface area is 140 Å². The maximum absolute atomic E-state index is 11.9. The average molecular weight is 329 g/mol. The molecule has 0 fully saturated rings. The van der Waals surface area contributed by atoms with Gasteiger partial charge in [-0.15, -0.1) is 0 Å². The summed E-state index contributed by atoms with van der Waals surface area (Å²) in [7, 11) is 0. The van der Waals surface area contributed by atoms with Gasteiger partial charge in [-0.05, 0) is 55.8 Å². The Hall–Kier alpha value is -3.02. The number of anilines is 1. The van der Waals surface area contributed by atoms with Crippen LogP contribution in [0.3, 0.4) is 0 Å². The van der Waals surface area contributed by atoms with Crippen molar-refractivity contribution in [2.24, 2.45) is 0 Å². The number of aromatic hydroxyl groups is 1. The molecule has 2 aromatic carbocycles. The lowest BCUT2D eigenvalue weighted by Gasteiger charge is -2.09. The molecule has 0 spiro atoms. The molecule has 6 heteroatoms. The van der Waals surface area contributed by atoms with Crippen molar-refractivity contribution < 1.29 is 24.2 Å². The lowest BCUT2D eigenvalue weighted by molar-refractivity contribution is -0.119. The van der Waals surface area contributed by atoms with Gasteiger partial charge in [0.05, 0.1) is 6.61 Å². The zero-order valence-electron chi connectivity index (χ0n) is 13.5. The van der Waals surface area contributed by atoms with Crippen LogP contribution in [-0.2, 0) is 9.53 Å². The van der Waals surface area contributed by atoms with Crippen LogP contribution < -0.4 is 10.1 Å². The quantitative estimate of drug-likeness (QED) is 0.796. The van der Waals surface area contributed by atoms with Gasteiger partial charge in [-0.3, -0.25) is 4.79 Å². The highest BCUT2D eigenvalue weighted by Crippen LogP contribution is 2.19. The maximum Gasteiger partial charge on any atom is 0.342 e. The van der Waals surface area contributed by atoms with E-state index in [1.807, 2.05) is 6.92 Å². The summed E-state index contributed by atoms with van der Waals surface area (Å²) < 4.78 is 10.2. The van der Waals surface area contributed by atoms with E-state index in [1.165, 1.54) is 12.1 Å². The lowest BCUT2D eigenvalue weighted by atomic mass is 10.1. The molecule has 0 radical (unpaired) electrons. The molecule has 24 heavy (non-hydrogen) atoms. The van der Waals surface area contributed by atoms with Crippen LogP contribution in [0, 0.1) is 6.92 Å². The molecule has 0 aliphatic rings. The highest BCUT2D eigenvalue weighted by atomic mass is 16.5. The SMILES string of the molecule is CCOc1ccc(NC(=O)COC(=O)c2ccc(C)cc2O)cc1. The van der Waals surface area contributed by atoms with Crippen molar-refractivity contribution in [1.82, 2.24) is 0 Å². The van der Waals surface area contributed by atoms with Crippen LogP contribution in [0.15, 0.2) is 42.5 Å². The van der Waals surface area contributed by atoms with Crippen molar-refractivity contribution >= 4 is 17.6 Å². The van der Waals surface area contributed by atoms with Gasteiger partial charge >= 0.3 is 5.97 Å². The molecule has 0 aliphatic heterocycles. The third-order valence-electron chi connectivity index (χ3n) is 3.16. The Balaban J connectivity index is 1.87. The van der Waals surface area contributed by atoms with Crippen LogP contribution >= 0.6 is 0 Å². The molecule has 0 bridgehead atoms. The number of phenols is 1. The predicted molar refractivity (Wildman–Crippen MR) is 89.4 cm³/mol. The molecule has 126 valence electrons. The van der Waals surface area contributed by atoms with E-state index in [-0.39, 0.29) is 11.3 Å². The Bertz CT molecular complexity index is 725. The second-order valence-electron chi connectivity index (χ2n) is 5.10. The molecule has 0 aliphatic carbocycles. The first kappa shape index (κ1) is 17.3. The first-order valence-corrected chi connectivity index (χ1v) is 7.49. The summed E-state index contributed by atoms with van der Waals surface area (Å²) in [5.74, 6) is -0.697. The molecule has 0 saturated carbocycles. The number of rotatable bonds is 6. The van der Waals surface area contributed by atoms with Gasteiger partial charge in [0, 0.05) is 5.69 Å². The van der Waals surface area contributed by atoms with Crippen LogP contribution in [0.1, 0.15) is 22.8 Å². The molecule has 0 saturated heterocycles. The van der Waals surface area contributed by atoms with E-state index in [0.29, 0.717) is 18.0 Å². The van der Waals surface area contributed by atoms with E-state index in [9.17, 15) is 14.7 Å². The smallest absolute Gasteiger partial charge is 0.342 e. The van der Waals surface area contributed by atoms with Crippen molar-refractivity contribution in [1.29, 1.82) is 0 Å². The Kier molecular flexibility index (Phi) is 5.78. The minimum Gasteiger partial charge on any atom is -0.507 e. The number of nitrogens with one attached hydrogen (secondary N) is 1. The fourth-order valence-corrected chi connectivity index (χ4v) is 2.02. The van der Waals surface area contributed by atoms with Gasteiger partial charge in [-0.1, -0.05) is 6.07 Å². The van der Waals surface area contributed by atoms with E-state index in [2.05, 4.69) is 5.32 Å². The van der Waals surface area contributed by atoms with E-state index >= 15 is 0 Å². The molecule has 2 N–H and O–H groups in total. The largest absolute Gasteiger partial charge is 0.507 e. The summed E-state index contributed by atoms with van der Waals surface area (Å²) in [4.78, 5) is 23.7. The number of amides is 1. The first-order valence-electron chi connectivity index (χ1n) is 7.49. The molecule has 2 aromatic rings. The van der Waals surface area contributed by atoms with Crippen molar-refractivity contribution in [2.45, 2.75) is 13.8 Å². The van der Waals surface area contributed by atoms with Gasteiger partial charge in [0.1, 0.15) is 17.1 Å². The lowest BCUT2D eigenvalue weighted by Crippen LogP contribution is -2.21. The molecule has 0 aromatic heterocycles. The van der Waals surface area contributed by atoms with Crippen LogP contribution in [0.25, 0.3) is 0 Å². The summed E-state index contributed by atoms with van der Waals surface area (Å²) in [6, 6.07) is 11.4. The zero-order valence-corrected chi connectivity index (χ0v) is 13.5. The van der Waals surface area contributed by atoms with E-state index < -0.39 is 18.5 Å². The molecule has 0 atom stereocenters. The number of hydrogen-bond acceptors (Lipinski definition) is 5. The third-order valence-corrected chi connectivity index (χ3v) is 3.16. The maximum atomic E-state index is 11.9. The van der Waals surface area contributed by atoms with E-state index in [0.717, 1.165) is 5.56 Å². The Morgan fingerprint density at radius 3 is 2.46 bits per heavy atom. The molecule has 0 unspecified atom stereocenters. The molecule has 2 rings (SSSR count). The number of aryl methyl sites for hydroxylation is 1. The highest BCUT2D eigenvalue weighted by Gasteiger charge is 2.14. The highest BCUT2D eigenvalue weighted by molar-refractivity contribution is 5.96. The fourth-order valence-electron chi connectivity index (χ4n) is 2.02. The number of ether oxygens (including phenoxy) is 2. The summed E-state index contributed by atoms with van der Waals surface area (Å²) in [6.07, 6.45) is 0. The summed E-state index contributed by atoms with van der Waals surface area (Å²) >= 11 is 0. The number of benzene rings is 2. The molecule has 6 nitrogen and oxygen atoms in total. The van der Waals surface area contributed by atoms with Crippen LogP contribution in [0.5, 0.6) is 11.5 Å². The van der Waals surface area contributed by atoms with Crippen molar-refractivity contribution in [3.05, 3.63) is 53.6 Å². The normalized spacial score (nSPS) is 10.1. The Morgan fingerprint density at radius 2 is 1.83 bits per heavy atom. The average Bonchev–Trinajstić information content (AvgIpc) is 2.55. The van der Waals surface area contributed by atoms with Crippen LogP contribution in [-0.4, -0.2) is 30.2 Å². The van der Waals surface area contributed by atoms with Crippen molar-refractivity contribution in [2.75, 3.05) is 18.5 Å². The molecular weight excluding hydrogens is 310 g/mol. The van der Waals surface area contributed by atoms with Crippen molar-refractivity contribution in [3.63, 3.8) is 0 Å². The molecule has 0 heterocycles. The second-order valence-corrected chi connectivity index (χ2v) is 5.10. The summed E-state index contributed by atoms with van der Waals surface area (Å²) in [6.45, 7) is 3.79. The number of carbonyl (C=O) groups is 2. The number of hydrogen-bond donors (Lipinski definition) is 2. The van der Waals surface area contributed by atoms with Crippen molar-refractivity contribution in [3.8, 4) is 11.5 Å². The molecule has 1 amide bonds. The van der Waals surface area contributed by atoms with Gasteiger partial charge < -0.3 is 19.9 Å². The summed E-state index contributed by atoms with van der Waals surface area (Å²) in [5.41, 5.74) is 1.41. The van der Waals surface area contributed by atoms with Crippen LogP contribution in [0.2, 0.25) is 0 Å². The van der Waals surface area contributed by atoms with E-state index in [1.54, 1.807) is 37.3 Å². The van der Waals surface area contributed by atoms with Gasteiger partial charge in [-0.2, -0.15) is 0 Å². The monoisotopic (exact) mass is 329 g/mol. The van der Waals surface area contributed by atoms with Gasteiger partial charge in [0.15, 0.2) is 6.61 Å². The number of esters is 1. The third kappa shape index (κ3) is 4.74. The first-order chi connectivity index (χ1) is 11.5. The standard InChI is InChI=1S/C18H19NO5/c1-3-23-14-7-5-13(6-8-14)19-17(21)11-24-18(22)15-9-4-12(2)10-16(15)20/h4-10,20H,3,11H2,1-2H3,(H,19,21). The van der Waals surface area contributed by atoms with Gasteiger partial charge in [0.25, 0.3) is 5.91 Å².